The van der Waals surface area contributed by atoms with Gasteiger partial charge in [-0.3, -0.25) is 19.7 Å². The van der Waals surface area contributed by atoms with E-state index in [0.29, 0.717) is 12.0 Å². The lowest BCUT2D eigenvalue weighted by Crippen LogP contribution is -2.34. The molecule has 2 aromatic rings. The molecular weight excluding hydrogens is 458 g/mol. The predicted molar refractivity (Wildman–Crippen MR) is 139 cm³/mol. The number of aliphatic hydroxyl groups is 1. The van der Waals surface area contributed by atoms with Crippen LogP contribution < -0.4 is 0 Å². The summed E-state index contributed by atoms with van der Waals surface area (Å²) in [6.07, 6.45) is 4.97. The molecule has 0 radical (unpaired) electrons. The van der Waals surface area contributed by atoms with Crippen LogP contribution in [-0.2, 0) is 9.59 Å². The van der Waals surface area contributed by atoms with Crippen molar-refractivity contribution in [3.63, 3.8) is 0 Å². The Morgan fingerprint density at radius 3 is 2.14 bits per heavy atom. The van der Waals surface area contributed by atoms with Gasteiger partial charge in [0, 0.05) is 18.2 Å². The van der Waals surface area contributed by atoms with Gasteiger partial charge in [0.1, 0.15) is 5.76 Å². The van der Waals surface area contributed by atoms with Crippen molar-refractivity contribution < 1.29 is 19.6 Å². The predicted octanol–water partition coefficient (Wildman–Crippen LogP) is 5.31. The van der Waals surface area contributed by atoms with Gasteiger partial charge in [0.15, 0.2) is 0 Å². The van der Waals surface area contributed by atoms with Crippen LogP contribution in [-0.4, -0.2) is 57.7 Å². The summed E-state index contributed by atoms with van der Waals surface area (Å²) in [7, 11) is 0. The molecule has 1 saturated heterocycles. The highest BCUT2D eigenvalue weighted by atomic mass is 16.6. The summed E-state index contributed by atoms with van der Waals surface area (Å²) in [6, 6.07) is 13.5. The molecule has 0 aliphatic carbocycles. The summed E-state index contributed by atoms with van der Waals surface area (Å²) >= 11 is 0. The Hall–Kier alpha value is -3.52. The van der Waals surface area contributed by atoms with Gasteiger partial charge in [0.25, 0.3) is 17.4 Å². The Morgan fingerprint density at radius 2 is 1.53 bits per heavy atom. The zero-order chi connectivity index (χ0) is 26.1. The van der Waals surface area contributed by atoms with Crippen LogP contribution in [0.25, 0.3) is 5.76 Å². The van der Waals surface area contributed by atoms with Crippen LogP contribution in [0.1, 0.15) is 63.1 Å². The zero-order valence-electron chi connectivity index (χ0n) is 21.1. The molecule has 0 bridgehead atoms. The molecule has 1 unspecified atom stereocenters. The first-order chi connectivity index (χ1) is 17.4. The van der Waals surface area contributed by atoms with Gasteiger partial charge in [-0.1, -0.05) is 69.2 Å². The van der Waals surface area contributed by atoms with Crippen LogP contribution >= 0.6 is 0 Å². The van der Waals surface area contributed by atoms with Crippen LogP contribution in [0.3, 0.4) is 0 Å². The van der Waals surface area contributed by atoms with E-state index < -0.39 is 22.7 Å². The van der Waals surface area contributed by atoms with Gasteiger partial charge in [-0.05, 0) is 45.0 Å². The minimum Gasteiger partial charge on any atom is -0.507 e. The number of ketones is 1. The third-order valence-electron chi connectivity index (χ3n) is 6.54. The molecule has 0 spiro atoms. The number of carbonyl (C=O) groups is 2. The summed E-state index contributed by atoms with van der Waals surface area (Å²) in [5, 5.41) is 22.9. The number of hydrogen-bond donors (Lipinski definition) is 1. The van der Waals surface area contributed by atoms with Crippen molar-refractivity contribution in [2.75, 3.05) is 26.2 Å². The molecule has 1 heterocycles. The SMILES string of the molecule is CCCCN(CCCC)CCCN1C(=O)C(=O)/C(=C(\O)c2ccccc2)C1c1ccccc1[N+](=O)[O-]. The van der Waals surface area contributed by atoms with Crippen molar-refractivity contribution in [3.05, 3.63) is 81.4 Å². The van der Waals surface area contributed by atoms with Crippen molar-refractivity contribution in [3.8, 4) is 0 Å². The summed E-state index contributed by atoms with van der Waals surface area (Å²) in [5.41, 5.74) is 0.285. The molecule has 0 aromatic heterocycles. The van der Waals surface area contributed by atoms with Gasteiger partial charge in [0.05, 0.1) is 22.1 Å². The molecule has 192 valence electrons. The van der Waals surface area contributed by atoms with Crippen LogP contribution in [0.2, 0.25) is 0 Å². The van der Waals surface area contributed by atoms with E-state index in [9.17, 15) is 24.8 Å². The number of unbranched alkanes of at least 4 members (excludes halogenated alkanes) is 2. The largest absolute Gasteiger partial charge is 0.507 e. The van der Waals surface area contributed by atoms with Crippen LogP contribution in [0, 0.1) is 10.1 Å². The van der Waals surface area contributed by atoms with Crippen molar-refractivity contribution in [2.24, 2.45) is 0 Å². The number of nitrogens with zero attached hydrogens (tertiary/aromatic N) is 3. The van der Waals surface area contributed by atoms with Crippen molar-refractivity contribution >= 4 is 23.1 Å². The lowest BCUT2D eigenvalue weighted by atomic mass is 9.94. The number of amides is 1. The lowest BCUT2D eigenvalue weighted by molar-refractivity contribution is -0.385. The number of benzene rings is 2. The molecule has 8 nitrogen and oxygen atoms in total. The molecule has 1 amide bonds. The van der Waals surface area contributed by atoms with E-state index in [4.69, 9.17) is 0 Å². The summed E-state index contributed by atoms with van der Waals surface area (Å²) in [6.45, 7) is 7.24. The Labute approximate surface area is 212 Å². The van der Waals surface area contributed by atoms with Gasteiger partial charge < -0.3 is 14.9 Å². The normalized spacial score (nSPS) is 17.2. The highest BCUT2D eigenvalue weighted by molar-refractivity contribution is 6.46. The number of nitro benzene ring substituents is 1. The molecule has 1 atom stereocenters. The minimum atomic E-state index is -1.04. The first-order valence-electron chi connectivity index (χ1n) is 12.7. The summed E-state index contributed by atoms with van der Waals surface area (Å²) in [4.78, 5) is 41.4. The molecule has 36 heavy (non-hydrogen) atoms. The number of para-hydroxylation sites is 1. The first-order valence-corrected chi connectivity index (χ1v) is 12.7. The number of Topliss-reactive ketones (excluding diaryl/α,β-unsaturated/α-hetero) is 1. The topological polar surface area (TPSA) is 104 Å². The Morgan fingerprint density at radius 1 is 0.944 bits per heavy atom. The van der Waals surface area contributed by atoms with Gasteiger partial charge >= 0.3 is 0 Å². The Kier molecular flexibility index (Phi) is 9.76. The summed E-state index contributed by atoms with van der Waals surface area (Å²) < 4.78 is 0. The molecule has 3 rings (SSSR count). The number of likely N-dealkylation sites (tertiary alicyclic amines) is 1. The molecule has 1 aliphatic rings. The molecule has 8 heteroatoms. The fraction of sp³-hybridized carbons (Fsp3) is 0.429. The van der Waals surface area contributed by atoms with E-state index in [1.54, 1.807) is 48.5 Å². The van der Waals surface area contributed by atoms with E-state index in [1.807, 2.05) is 0 Å². The number of rotatable bonds is 13. The van der Waals surface area contributed by atoms with Crippen LogP contribution in [0.5, 0.6) is 0 Å². The maximum absolute atomic E-state index is 13.2. The number of carbonyl (C=O) groups excluding carboxylic acids is 2. The molecule has 1 fully saturated rings. The number of nitro groups is 1. The molecule has 1 aliphatic heterocycles. The smallest absolute Gasteiger partial charge is 0.295 e. The van der Waals surface area contributed by atoms with E-state index in [2.05, 4.69) is 18.7 Å². The average Bonchev–Trinajstić information content (AvgIpc) is 3.14. The van der Waals surface area contributed by atoms with Gasteiger partial charge in [0.2, 0.25) is 0 Å². The minimum absolute atomic E-state index is 0.116. The van der Waals surface area contributed by atoms with Crippen LogP contribution in [0.15, 0.2) is 60.2 Å². The third-order valence-corrected chi connectivity index (χ3v) is 6.54. The monoisotopic (exact) mass is 493 g/mol. The molecule has 0 saturated carbocycles. The van der Waals surface area contributed by atoms with E-state index in [1.165, 1.54) is 11.0 Å². The fourth-order valence-corrected chi connectivity index (χ4v) is 4.63. The third kappa shape index (κ3) is 6.18. The van der Waals surface area contributed by atoms with Gasteiger partial charge in [-0.15, -0.1) is 0 Å². The second kappa shape index (κ2) is 13.0. The van der Waals surface area contributed by atoms with Gasteiger partial charge in [-0.2, -0.15) is 0 Å². The van der Waals surface area contributed by atoms with Crippen molar-refractivity contribution in [2.45, 2.75) is 52.0 Å². The fourth-order valence-electron chi connectivity index (χ4n) is 4.63. The van der Waals surface area contributed by atoms with E-state index in [0.717, 1.165) is 45.3 Å². The Balaban J connectivity index is 1.98. The van der Waals surface area contributed by atoms with Gasteiger partial charge in [-0.25, -0.2) is 0 Å². The maximum Gasteiger partial charge on any atom is 0.295 e. The maximum atomic E-state index is 13.2. The zero-order valence-corrected chi connectivity index (χ0v) is 21.1. The molecule has 1 N–H and O–H groups in total. The number of aliphatic hydroxyl groups excluding tert-OH is 1. The van der Waals surface area contributed by atoms with Crippen molar-refractivity contribution in [1.82, 2.24) is 9.80 Å². The first kappa shape index (κ1) is 27.1. The second-order valence-corrected chi connectivity index (χ2v) is 9.08. The lowest BCUT2D eigenvalue weighted by Gasteiger charge is -2.27. The second-order valence-electron chi connectivity index (χ2n) is 9.08. The molecular formula is C28H35N3O5. The highest BCUT2D eigenvalue weighted by Crippen LogP contribution is 2.42. The van der Waals surface area contributed by atoms with Crippen molar-refractivity contribution in [1.29, 1.82) is 0 Å². The quantitative estimate of drug-likeness (QED) is 0.133. The standard InChI is InChI=1S/C28H35N3O5/c1-3-5-17-29(18-6-4-2)19-12-20-30-25(22-15-10-11-16-23(22)31(35)36)24(27(33)28(30)34)26(32)21-13-8-7-9-14-21/h7-11,13-16,25,32H,3-6,12,17-20H2,1-2H3/b26-24-. The molecule has 2 aromatic carbocycles. The number of hydrogen-bond acceptors (Lipinski definition) is 6. The summed E-state index contributed by atoms with van der Waals surface area (Å²) in [5.74, 6) is -1.90. The highest BCUT2D eigenvalue weighted by Gasteiger charge is 2.47. The van der Waals surface area contributed by atoms with E-state index >= 15 is 0 Å². The average molecular weight is 494 g/mol. The van der Waals surface area contributed by atoms with E-state index in [-0.39, 0.29) is 29.1 Å². The Bertz CT molecular complexity index is 1090. The van der Waals surface area contributed by atoms with Crippen LogP contribution in [0.4, 0.5) is 5.69 Å².